The number of ether oxygens (including phenoxy) is 1. The molecule has 1 aromatic rings. The SMILES string of the molecule is CSc1ccc([C@H](C)[C@@H](C)OC(C)=O)cc1Cl. The van der Waals surface area contributed by atoms with Crippen LogP contribution in [0.3, 0.4) is 0 Å². The predicted molar refractivity (Wildman–Crippen MR) is 72.9 cm³/mol. The molecule has 0 N–H and O–H groups in total. The number of hydrogen-bond acceptors (Lipinski definition) is 3. The zero-order valence-corrected chi connectivity index (χ0v) is 12.1. The number of benzene rings is 1. The fourth-order valence-corrected chi connectivity index (χ4v) is 2.48. The van der Waals surface area contributed by atoms with Crippen LogP contribution >= 0.6 is 23.4 Å². The van der Waals surface area contributed by atoms with Crippen molar-refractivity contribution in [2.45, 2.75) is 37.7 Å². The van der Waals surface area contributed by atoms with E-state index in [-0.39, 0.29) is 18.0 Å². The molecule has 4 heteroatoms. The fraction of sp³-hybridized carbons (Fsp3) is 0.462. The van der Waals surface area contributed by atoms with Crippen molar-refractivity contribution in [1.29, 1.82) is 0 Å². The van der Waals surface area contributed by atoms with Crippen LogP contribution in [0.5, 0.6) is 0 Å². The van der Waals surface area contributed by atoms with E-state index in [1.165, 1.54) is 6.92 Å². The van der Waals surface area contributed by atoms with Crippen molar-refractivity contribution in [3.63, 3.8) is 0 Å². The van der Waals surface area contributed by atoms with Gasteiger partial charge in [0.15, 0.2) is 0 Å². The third-order valence-electron chi connectivity index (χ3n) is 2.76. The van der Waals surface area contributed by atoms with Gasteiger partial charge in [0.2, 0.25) is 0 Å². The first-order valence-electron chi connectivity index (χ1n) is 5.46. The number of rotatable bonds is 4. The van der Waals surface area contributed by atoms with E-state index >= 15 is 0 Å². The highest BCUT2D eigenvalue weighted by molar-refractivity contribution is 7.98. The lowest BCUT2D eigenvalue weighted by molar-refractivity contribution is -0.146. The van der Waals surface area contributed by atoms with Gasteiger partial charge >= 0.3 is 5.97 Å². The molecule has 0 amide bonds. The van der Waals surface area contributed by atoms with Gasteiger partial charge in [-0.25, -0.2) is 0 Å². The van der Waals surface area contributed by atoms with Gasteiger partial charge in [-0.3, -0.25) is 4.79 Å². The lowest BCUT2D eigenvalue weighted by Gasteiger charge is -2.20. The quantitative estimate of drug-likeness (QED) is 0.609. The molecule has 0 heterocycles. The highest BCUT2D eigenvalue weighted by Crippen LogP contribution is 2.30. The molecule has 0 radical (unpaired) electrons. The van der Waals surface area contributed by atoms with Gasteiger partial charge in [0.05, 0.1) is 5.02 Å². The van der Waals surface area contributed by atoms with Crippen LogP contribution in [0.25, 0.3) is 0 Å². The molecule has 0 saturated carbocycles. The molecule has 0 unspecified atom stereocenters. The van der Waals surface area contributed by atoms with Crippen LogP contribution in [0.4, 0.5) is 0 Å². The summed E-state index contributed by atoms with van der Waals surface area (Å²) in [5.74, 6) is -0.122. The number of hydrogen-bond donors (Lipinski definition) is 0. The smallest absolute Gasteiger partial charge is 0.302 e. The molecular formula is C13H17ClO2S. The Labute approximate surface area is 112 Å². The Morgan fingerprint density at radius 1 is 1.41 bits per heavy atom. The Kier molecular flexibility index (Phi) is 5.34. The van der Waals surface area contributed by atoms with Crippen molar-refractivity contribution >= 4 is 29.3 Å². The molecule has 0 saturated heterocycles. The summed E-state index contributed by atoms with van der Waals surface area (Å²) in [6.45, 7) is 5.34. The van der Waals surface area contributed by atoms with Crippen LogP contribution in [0, 0.1) is 0 Å². The van der Waals surface area contributed by atoms with Crippen molar-refractivity contribution in [3.8, 4) is 0 Å². The molecule has 0 aliphatic heterocycles. The minimum Gasteiger partial charge on any atom is -0.462 e. The van der Waals surface area contributed by atoms with Gasteiger partial charge in [-0.2, -0.15) is 0 Å². The summed E-state index contributed by atoms with van der Waals surface area (Å²) in [5, 5.41) is 0.747. The van der Waals surface area contributed by atoms with Crippen LogP contribution in [0.15, 0.2) is 23.1 Å². The molecule has 0 aromatic heterocycles. The Hall–Kier alpha value is -0.670. The van der Waals surface area contributed by atoms with Crippen LogP contribution in [0.2, 0.25) is 5.02 Å². The van der Waals surface area contributed by atoms with Gasteiger partial charge in [-0.1, -0.05) is 24.6 Å². The number of halogens is 1. The maximum atomic E-state index is 10.9. The van der Waals surface area contributed by atoms with Crippen LogP contribution in [-0.2, 0) is 9.53 Å². The average Bonchev–Trinajstić information content (AvgIpc) is 2.27. The van der Waals surface area contributed by atoms with Gasteiger partial charge < -0.3 is 4.74 Å². The Bertz CT molecular complexity index is 406. The van der Waals surface area contributed by atoms with E-state index in [1.54, 1.807) is 11.8 Å². The molecule has 94 valence electrons. The standard InChI is InChI=1S/C13H17ClO2S/c1-8(9(2)16-10(3)15)11-5-6-13(17-4)12(14)7-11/h5-9H,1-4H3/t8-,9-/m1/s1. The first-order valence-corrected chi connectivity index (χ1v) is 7.06. The summed E-state index contributed by atoms with van der Waals surface area (Å²) in [7, 11) is 0. The largest absolute Gasteiger partial charge is 0.462 e. The summed E-state index contributed by atoms with van der Waals surface area (Å²) in [4.78, 5) is 12.0. The summed E-state index contributed by atoms with van der Waals surface area (Å²) in [6, 6.07) is 5.97. The van der Waals surface area contributed by atoms with Crippen molar-refractivity contribution in [2.75, 3.05) is 6.26 Å². The molecular weight excluding hydrogens is 256 g/mol. The maximum absolute atomic E-state index is 10.9. The predicted octanol–water partition coefficient (Wildman–Crippen LogP) is 4.12. The molecule has 1 rings (SSSR count). The van der Waals surface area contributed by atoms with Crippen molar-refractivity contribution in [1.82, 2.24) is 0 Å². The number of carbonyl (C=O) groups excluding carboxylic acids is 1. The van der Waals surface area contributed by atoms with E-state index in [0.717, 1.165) is 15.5 Å². The van der Waals surface area contributed by atoms with E-state index in [0.29, 0.717) is 0 Å². The molecule has 0 bridgehead atoms. The number of esters is 1. The van der Waals surface area contributed by atoms with Gasteiger partial charge in [0.25, 0.3) is 0 Å². The van der Waals surface area contributed by atoms with Crippen LogP contribution in [0.1, 0.15) is 32.3 Å². The first kappa shape index (κ1) is 14.4. The fourth-order valence-electron chi connectivity index (χ4n) is 1.60. The minimum absolute atomic E-state index is 0.132. The third-order valence-corrected chi connectivity index (χ3v) is 3.98. The second-order valence-electron chi connectivity index (χ2n) is 4.00. The normalized spacial score (nSPS) is 14.2. The van der Waals surface area contributed by atoms with E-state index in [4.69, 9.17) is 16.3 Å². The molecule has 2 nitrogen and oxygen atoms in total. The zero-order chi connectivity index (χ0) is 13.0. The average molecular weight is 273 g/mol. The molecule has 17 heavy (non-hydrogen) atoms. The van der Waals surface area contributed by atoms with Crippen LogP contribution in [-0.4, -0.2) is 18.3 Å². The molecule has 0 spiro atoms. The van der Waals surface area contributed by atoms with E-state index in [2.05, 4.69) is 0 Å². The summed E-state index contributed by atoms with van der Waals surface area (Å²) < 4.78 is 5.18. The van der Waals surface area contributed by atoms with Crippen molar-refractivity contribution in [2.24, 2.45) is 0 Å². The number of thioether (sulfide) groups is 1. The highest BCUT2D eigenvalue weighted by Gasteiger charge is 2.17. The summed E-state index contributed by atoms with van der Waals surface area (Å²) >= 11 is 7.77. The second-order valence-corrected chi connectivity index (χ2v) is 5.25. The molecule has 1 aromatic carbocycles. The van der Waals surface area contributed by atoms with Crippen molar-refractivity contribution in [3.05, 3.63) is 28.8 Å². The molecule has 0 aliphatic carbocycles. The molecule has 0 fully saturated rings. The van der Waals surface area contributed by atoms with E-state index < -0.39 is 0 Å². The third kappa shape index (κ3) is 3.93. The van der Waals surface area contributed by atoms with Gasteiger partial charge in [0, 0.05) is 17.7 Å². The topological polar surface area (TPSA) is 26.3 Å². The van der Waals surface area contributed by atoms with E-state index in [9.17, 15) is 4.79 Å². The monoisotopic (exact) mass is 272 g/mol. The second kappa shape index (κ2) is 6.31. The highest BCUT2D eigenvalue weighted by atomic mass is 35.5. The first-order chi connectivity index (χ1) is 7.95. The molecule has 2 atom stereocenters. The Morgan fingerprint density at radius 2 is 2.06 bits per heavy atom. The van der Waals surface area contributed by atoms with Gasteiger partial charge in [-0.05, 0) is 30.9 Å². The zero-order valence-electron chi connectivity index (χ0n) is 10.5. The maximum Gasteiger partial charge on any atom is 0.302 e. The van der Waals surface area contributed by atoms with Crippen LogP contribution < -0.4 is 0 Å². The summed E-state index contributed by atoms with van der Waals surface area (Å²) in [6.07, 6.45) is 1.84. The summed E-state index contributed by atoms with van der Waals surface area (Å²) in [5.41, 5.74) is 1.08. The lowest BCUT2D eigenvalue weighted by atomic mass is 9.96. The minimum atomic E-state index is -0.254. The Balaban J connectivity index is 2.85. The van der Waals surface area contributed by atoms with E-state index in [1.807, 2.05) is 38.3 Å². The molecule has 0 aliphatic rings. The van der Waals surface area contributed by atoms with Gasteiger partial charge in [0.1, 0.15) is 6.10 Å². The van der Waals surface area contributed by atoms with Gasteiger partial charge in [-0.15, -0.1) is 11.8 Å². The Morgan fingerprint density at radius 3 is 2.53 bits per heavy atom. The number of carbonyl (C=O) groups is 1. The lowest BCUT2D eigenvalue weighted by Crippen LogP contribution is -2.19. The van der Waals surface area contributed by atoms with Crippen molar-refractivity contribution < 1.29 is 9.53 Å².